The van der Waals surface area contributed by atoms with Crippen LogP contribution in [0.4, 0.5) is 0 Å². The van der Waals surface area contributed by atoms with Crippen LogP contribution in [0.3, 0.4) is 0 Å². The molecule has 0 aliphatic heterocycles. The van der Waals surface area contributed by atoms with Gasteiger partial charge in [-0.25, -0.2) is 4.79 Å². The second-order valence-electron chi connectivity index (χ2n) is 3.25. The molecule has 0 spiro atoms. The molecule has 0 aliphatic carbocycles. The maximum atomic E-state index is 10.9. The normalized spacial score (nSPS) is 12.1. The number of phenolic OH excluding ortho intramolecular Hbond substituents is 1. The van der Waals surface area contributed by atoms with Crippen LogP contribution in [-0.2, 0) is 4.79 Å². The number of aliphatic hydroxyl groups is 1. The highest BCUT2D eigenvalue weighted by Crippen LogP contribution is 2.31. The number of carboxylic acid groups (broad SMARTS) is 1. The first-order valence-corrected chi connectivity index (χ1v) is 4.32. The lowest BCUT2D eigenvalue weighted by molar-refractivity contribution is -0.125. The monoisotopic (exact) mass is 226 g/mol. The molecular formula is C10H10O6. The molecule has 1 aromatic carbocycles. The third kappa shape index (κ3) is 2.12. The molecule has 0 bridgehead atoms. The number of benzene rings is 1. The van der Waals surface area contributed by atoms with E-state index in [-0.39, 0.29) is 5.56 Å². The van der Waals surface area contributed by atoms with E-state index in [2.05, 4.69) is 0 Å². The lowest BCUT2D eigenvalue weighted by Crippen LogP contribution is -2.13. The fourth-order valence-corrected chi connectivity index (χ4v) is 1.30. The summed E-state index contributed by atoms with van der Waals surface area (Å²) >= 11 is 0. The van der Waals surface area contributed by atoms with Crippen molar-refractivity contribution in [2.45, 2.75) is 13.0 Å². The summed E-state index contributed by atoms with van der Waals surface area (Å²) in [6.45, 7) is 1.07. The van der Waals surface area contributed by atoms with Crippen molar-refractivity contribution in [3.05, 3.63) is 23.3 Å². The van der Waals surface area contributed by atoms with Gasteiger partial charge in [0.05, 0.1) is 0 Å². The van der Waals surface area contributed by atoms with Gasteiger partial charge in [0, 0.05) is 11.6 Å². The van der Waals surface area contributed by atoms with Crippen molar-refractivity contribution in [2.24, 2.45) is 0 Å². The van der Waals surface area contributed by atoms with E-state index in [1.165, 1.54) is 0 Å². The number of aromatic hydroxyl groups is 2. The number of aromatic carboxylic acids is 1. The van der Waals surface area contributed by atoms with Gasteiger partial charge in [-0.1, -0.05) is 0 Å². The summed E-state index contributed by atoms with van der Waals surface area (Å²) in [5, 5.41) is 36.7. The van der Waals surface area contributed by atoms with Gasteiger partial charge < -0.3 is 20.4 Å². The number of carbonyl (C=O) groups excluding carboxylic acids is 1. The molecule has 6 heteroatoms. The van der Waals surface area contributed by atoms with Crippen LogP contribution in [-0.4, -0.2) is 32.2 Å². The summed E-state index contributed by atoms with van der Waals surface area (Å²) in [5.74, 6) is -3.32. The van der Waals surface area contributed by atoms with Gasteiger partial charge in [0.25, 0.3) is 0 Å². The molecule has 0 saturated carbocycles. The predicted octanol–water partition coefficient (Wildman–Crippen LogP) is 0.418. The number of aliphatic hydroxyl groups excluding tert-OH is 1. The Kier molecular flexibility index (Phi) is 3.14. The first kappa shape index (κ1) is 12.0. The van der Waals surface area contributed by atoms with Gasteiger partial charge in [-0.05, 0) is 13.0 Å². The summed E-state index contributed by atoms with van der Waals surface area (Å²) in [5.41, 5.74) is -0.932. The maximum Gasteiger partial charge on any atom is 0.339 e. The molecule has 1 rings (SSSR count). The van der Waals surface area contributed by atoms with Gasteiger partial charge in [-0.3, -0.25) is 4.79 Å². The topological polar surface area (TPSA) is 115 Å². The number of ketones is 1. The SMILES string of the molecule is CC(=O)C(O)c1cc(O)cc(O)c1C(=O)O. The van der Waals surface area contributed by atoms with Gasteiger partial charge in [-0.15, -0.1) is 0 Å². The van der Waals surface area contributed by atoms with Crippen LogP contribution in [0.2, 0.25) is 0 Å². The molecule has 0 fully saturated rings. The van der Waals surface area contributed by atoms with E-state index in [1.807, 2.05) is 0 Å². The molecule has 0 aromatic heterocycles. The minimum absolute atomic E-state index is 0.336. The first-order valence-electron chi connectivity index (χ1n) is 4.32. The third-order valence-electron chi connectivity index (χ3n) is 2.03. The highest BCUT2D eigenvalue weighted by molar-refractivity contribution is 5.95. The maximum absolute atomic E-state index is 10.9. The van der Waals surface area contributed by atoms with Crippen molar-refractivity contribution in [1.82, 2.24) is 0 Å². The van der Waals surface area contributed by atoms with Gasteiger partial charge in [0.1, 0.15) is 23.2 Å². The van der Waals surface area contributed by atoms with Gasteiger partial charge >= 0.3 is 5.97 Å². The van der Waals surface area contributed by atoms with Crippen LogP contribution in [0.1, 0.15) is 28.9 Å². The molecule has 0 radical (unpaired) electrons. The lowest BCUT2D eigenvalue weighted by Gasteiger charge is -2.12. The van der Waals surface area contributed by atoms with Crippen LogP contribution >= 0.6 is 0 Å². The molecular weight excluding hydrogens is 216 g/mol. The zero-order chi connectivity index (χ0) is 12.5. The van der Waals surface area contributed by atoms with Crippen molar-refractivity contribution in [2.75, 3.05) is 0 Å². The van der Waals surface area contributed by atoms with Crippen molar-refractivity contribution in [3.8, 4) is 11.5 Å². The van der Waals surface area contributed by atoms with Gasteiger partial charge in [0.2, 0.25) is 0 Å². The number of phenols is 2. The second-order valence-corrected chi connectivity index (χ2v) is 3.25. The quantitative estimate of drug-likeness (QED) is 0.593. The van der Waals surface area contributed by atoms with E-state index in [0.29, 0.717) is 0 Å². The Morgan fingerprint density at radius 2 is 1.81 bits per heavy atom. The summed E-state index contributed by atoms with van der Waals surface area (Å²) < 4.78 is 0. The van der Waals surface area contributed by atoms with Crippen molar-refractivity contribution < 1.29 is 30.0 Å². The fraction of sp³-hybridized carbons (Fsp3) is 0.200. The summed E-state index contributed by atoms with van der Waals surface area (Å²) in [6.07, 6.45) is -1.69. The third-order valence-corrected chi connectivity index (χ3v) is 2.03. The van der Waals surface area contributed by atoms with E-state index >= 15 is 0 Å². The van der Waals surface area contributed by atoms with E-state index in [9.17, 15) is 19.8 Å². The van der Waals surface area contributed by atoms with Crippen LogP contribution in [0.25, 0.3) is 0 Å². The Balaban J connectivity index is 3.46. The molecule has 86 valence electrons. The molecule has 0 saturated heterocycles. The largest absolute Gasteiger partial charge is 0.508 e. The second kappa shape index (κ2) is 4.19. The van der Waals surface area contributed by atoms with E-state index in [1.54, 1.807) is 0 Å². The Labute approximate surface area is 90.4 Å². The molecule has 0 aliphatic rings. The molecule has 4 N–H and O–H groups in total. The Morgan fingerprint density at radius 1 is 1.25 bits per heavy atom. The molecule has 6 nitrogen and oxygen atoms in total. The summed E-state index contributed by atoms with van der Waals surface area (Å²) in [6, 6.07) is 1.75. The van der Waals surface area contributed by atoms with Crippen LogP contribution in [0.5, 0.6) is 11.5 Å². The van der Waals surface area contributed by atoms with Crippen LogP contribution in [0, 0.1) is 0 Å². The fourth-order valence-electron chi connectivity index (χ4n) is 1.30. The minimum atomic E-state index is -1.69. The molecule has 0 heterocycles. The van der Waals surface area contributed by atoms with Crippen molar-refractivity contribution in [1.29, 1.82) is 0 Å². The number of hydrogen-bond acceptors (Lipinski definition) is 5. The summed E-state index contributed by atoms with van der Waals surface area (Å²) in [4.78, 5) is 21.8. The lowest BCUT2D eigenvalue weighted by atomic mass is 9.98. The van der Waals surface area contributed by atoms with Crippen LogP contribution in [0.15, 0.2) is 12.1 Å². The smallest absolute Gasteiger partial charge is 0.339 e. The Morgan fingerprint density at radius 3 is 2.25 bits per heavy atom. The Hall–Kier alpha value is -2.08. The van der Waals surface area contributed by atoms with Gasteiger partial charge in [-0.2, -0.15) is 0 Å². The minimum Gasteiger partial charge on any atom is -0.508 e. The standard InChI is InChI=1S/C10H10O6/c1-4(11)9(14)6-2-5(12)3-7(13)8(6)10(15)16/h2-3,9,12-14H,1H3,(H,15,16). The van der Waals surface area contributed by atoms with Gasteiger partial charge in [0.15, 0.2) is 5.78 Å². The van der Waals surface area contributed by atoms with Crippen molar-refractivity contribution in [3.63, 3.8) is 0 Å². The zero-order valence-corrected chi connectivity index (χ0v) is 8.34. The number of Topliss-reactive ketones (excluding diaryl/α,β-unsaturated/α-hetero) is 1. The molecule has 16 heavy (non-hydrogen) atoms. The van der Waals surface area contributed by atoms with E-state index in [0.717, 1.165) is 19.1 Å². The Bertz CT molecular complexity index is 451. The number of rotatable bonds is 3. The highest BCUT2D eigenvalue weighted by atomic mass is 16.4. The first-order chi connectivity index (χ1) is 7.34. The van der Waals surface area contributed by atoms with Crippen LogP contribution < -0.4 is 0 Å². The average molecular weight is 226 g/mol. The number of carbonyl (C=O) groups is 2. The summed E-state index contributed by atoms with van der Waals surface area (Å²) in [7, 11) is 0. The number of hydrogen-bond donors (Lipinski definition) is 4. The molecule has 1 atom stereocenters. The molecule has 0 amide bonds. The molecule has 1 aromatic rings. The molecule has 1 unspecified atom stereocenters. The number of carboxylic acids is 1. The highest BCUT2D eigenvalue weighted by Gasteiger charge is 2.24. The van der Waals surface area contributed by atoms with E-state index in [4.69, 9.17) is 10.2 Å². The predicted molar refractivity (Wildman–Crippen MR) is 52.4 cm³/mol. The van der Waals surface area contributed by atoms with E-state index < -0.39 is 34.9 Å². The average Bonchev–Trinajstić information content (AvgIpc) is 2.14. The van der Waals surface area contributed by atoms with Crippen molar-refractivity contribution >= 4 is 11.8 Å². The zero-order valence-electron chi connectivity index (χ0n) is 8.34.